The number of nitriles is 1. The van der Waals surface area contributed by atoms with E-state index in [9.17, 15) is 10.1 Å². The number of benzene rings is 2. The Morgan fingerprint density at radius 2 is 2.00 bits per heavy atom. The summed E-state index contributed by atoms with van der Waals surface area (Å²) in [4.78, 5) is 11.9. The summed E-state index contributed by atoms with van der Waals surface area (Å²) in [7, 11) is 1.61. The third-order valence-corrected chi connectivity index (χ3v) is 4.97. The lowest BCUT2D eigenvalue weighted by molar-refractivity contribution is -0.143. The molecule has 0 N–H and O–H groups in total. The largest absolute Gasteiger partial charge is 0.497 e. The number of hydrogen-bond donors (Lipinski definition) is 0. The average molecular weight is 430 g/mol. The van der Waals surface area contributed by atoms with Gasteiger partial charge in [0.1, 0.15) is 5.75 Å². The smallest absolute Gasteiger partial charge is 0.306 e. The van der Waals surface area contributed by atoms with E-state index in [2.05, 4.69) is 32.6 Å². The molecule has 0 aliphatic heterocycles. The van der Waals surface area contributed by atoms with Crippen molar-refractivity contribution < 1.29 is 14.3 Å². The van der Waals surface area contributed by atoms with Crippen LogP contribution in [0, 0.1) is 17.2 Å². The molecule has 0 saturated carbocycles. The molecule has 2 rings (SSSR count). The quantitative estimate of drug-likeness (QED) is 0.319. The van der Waals surface area contributed by atoms with E-state index < -0.39 is 0 Å². The van der Waals surface area contributed by atoms with Crippen LogP contribution in [0.2, 0.25) is 0 Å². The molecule has 0 spiro atoms. The first-order valence-electron chi connectivity index (χ1n) is 10.8. The molecule has 0 aliphatic rings. The Morgan fingerprint density at radius 1 is 1.22 bits per heavy atom. The zero-order valence-electron chi connectivity index (χ0n) is 19.4. The van der Waals surface area contributed by atoms with Crippen molar-refractivity contribution in [2.75, 3.05) is 13.7 Å². The molecule has 0 aliphatic carbocycles. The van der Waals surface area contributed by atoms with E-state index in [-0.39, 0.29) is 12.4 Å². The van der Waals surface area contributed by atoms with Crippen molar-refractivity contribution in [2.45, 2.75) is 33.6 Å². The van der Waals surface area contributed by atoms with Gasteiger partial charge in [0.2, 0.25) is 0 Å². The molecule has 4 heteroatoms. The van der Waals surface area contributed by atoms with Crippen LogP contribution >= 0.6 is 0 Å². The number of ether oxygens (including phenoxy) is 2. The van der Waals surface area contributed by atoms with Gasteiger partial charge in [0, 0.05) is 6.42 Å². The van der Waals surface area contributed by atoms with Crippen LogP contribution in [0.4, 0.5) is 0 Å². The number of allylic oxidation sites excluding steroid dienone is 5. The Balaban J connectivity index is 2.46. The molecule has 0 radical (unpaired) electrons. The van der Waals surface area contributed by atoms with Crippen molar-refractivity contribution in [3.63, 3.8) is 0 Å². The first kappa shape index (κ1) is 24.7. The van der Waals surface area contributed by atoms with Gasteiger partial charge >= 0.3 is 5.97 Å². The van der Waals surface area contributed by atoms with Crippen molar-refractivity contribution in [2.24, 2.45) is 5.92 Å². The van der Waals surface area contributed by atoms with Gasteiger partial charge in [0.25, 0.3) is 0 Å². The number of hydrogen-bond acceptors (Lipinski definition) is 4. The summed E-state index contributed by atoms with van der Waals surface area (Å²) in [6.45, 7) is 10.3. The predicted octanol–water partition coefficient (Wildman–Crippen LogP) is 6.51. The second kappa shape index (κ2) is 12.3. The van der Waals surface area contributed by atoms with Gasteiger partial charge in [-0.1, -0.05) is 62.9 Å². The van der Waals surface area contributed by atoms with Gasteiger partial charge < -0.3 is 9.47 Å². The fraction of sp³-hybridized carbons (Fsp3) is 0.286. The Labute approximate surface area is 191 Å². The van der Waals surface area contributed by atoms with Gasteiger partial charge in [-0.3, -0.25) is 4.79 Å². The van der Waals surface area contributed by atoms with Crippen molar-refractivity contribution in [3.8, 4) is 22.9 Å². The molecule has 0 saturated heterocycles. The number of rotatable bonds is 10. The fourth-order valence-corrected chi connectivity index (χ4v) is 3.36. The molecule has 0 unspecified atom stereocenters. The topological polar surface area (TPSA) is 59.3 Å². The van der Waals surface area contributed by atoms with Crippen molar-refractivity contribution in [1.82, 2.24) is 0 Å². The minimum Gasteiger partial charge on any atom is -0.497 e. The summed E-state index contributed by atoms with van der Waals surface area (Å²) < 4.78 is 10.4. The highest BCUT2D eigenvalue weighted by Crippen LogP contribution is 2.31. The minimum absolute atomic E-state index is 0.232. The summed E-state index contributed by atoms with van der Waals surface area (Å²) in [5.74, 6) is 0.932. The van der Waals surface area contributed by atoms with Gasteiger partial charge in [0.15, 0.2) is 0 Å². The van der Waals surface area contributed by atoms with E-state index in [1.165, 1.54) is 0 Å². The molecule has 0 atom stereocenters. The van der Waals surface area contributed by atoms with E-state index in [1.807, 2.05) is 48.6 Å². The van der Waals surface area contributed by atoms with Gasteiger partial charge in [-0.05, 0) is 65.3 Å². The zero-order chi connectivity index (χ0) is 23.5. The molecule has 2 aromatic carbocycles. The number of aryl methyl sites for hydroxylation is 1. The van der Waals surface area contributed by atoms with E-state index in [1.54, 1.807) is 20.1 Å². The fourth-order valence-electron chi connectivity index (χ4n) is 3.36. The molecule has 0 bridgehead atoms. The molecular formula is C28H31NO3. The van der Waals surface area contributed by atoms with E-state index in [4.69, 9.17) is 9.47 Å². The number of esters is 1. The highest BCUT2D eigenvalue weighted by molar-refractivity contribution is 5.81. The van der Waals surface area contributed by atoms with Gasteiger partial charge in [0.05, 0.1) is 25.3 Å². The first-order chi connectivity index (χ1) is 15.4. The molecule has 32 heavy (non-hydrogen) atoms. The lowest BCUT2D eigenvalue weighted by atomic mass is 9.91. The molecule has 0 amide bonds. The maximum Gasteiger partial charge on any atom is 0.306 e. The van der Waals surface area contributed by atoms with Gasteiger partial charge in [-0.2, -0.15) is 5.26 Å². The second-order valence-corrected chi connectivity index (χ2v) is 7.66. The van der Waals surface area contributed by atoms with Crippen LogP contribution in [0.1, 0.15) is 43.9 Å². The molecule has 2 aromatic rings. The number of carbonyl (C=O) groups is 1. The molecule has 166 valence electrons. The SMILES string of the molecule is C=C/C(=C\C=C/C(C)C)c1ccc(-c2ccc(OC)cc2CCC(=O)OCC)cc1C#N. The lowest BCUT2D eigenvalue weighted by Crippen LogP contribution is -2.06. The summed E-state index contributed by atoms with van der Waals surface area (Å²) in [6, 6.07) is 13.9. The highest BCUT2D eigenvalue weighted by Gasteiger charge is 2.13. The van der Waals surface area contributed by atoms with Crippen LogP contribution in [-0.4, -0.2) is 19.7 Å². The molecule has 0 fully saturated rings. The summed E-state index contributed by atoms with van der Waals surface area (Å²) in [6.07, 6.45) is 8.63. The number of carbonyl (C=O) groups excluding carboxylic acids is 1. The third-order valence-electron chi connectivity index (χ3n) is 4.97. The summed E-state index contributed by atoms with van der Waals surface area (Å²) in [5.41, 5.74) is 5.13. The lowest BCUT2D eigenvalue weighted by Gasteiger charge is -2.14. The Kier molecular flexibility index (Phi) is 9.50. The van der Waals surface area contributed by atoms with E-state index >= 15 is 0 Å². The standard InChI is InChI=1S/C28H31NO3/c1-6-21(10-8-9-20(3)4)26-14-11-22(17-24(26)19-29)27-15-13-25(31-5)18-23(27)12-16-28(30)32-7-2/h6,8-11,13-15,17-18,20H,1,7,12,16H2,2-5H3/b9-8-,21-10+. The number of nitrogens with zero attached hydrogens (tertiary/aromatic N) is 1. The van der Waals surface area contributed by atoms with Crippen molar-refractivity contribution in [1.29, 1.82) is 5.26 Å². The van der Waals surface area contributed by atoms with Crippen molar-refractivity contribution >= 4 is 11.5 Å². The van der Waals surface area contributed by atoms with E-state index in [0.29, 0.717) is 24.5 Å². The maximum atomic E-state index is 11.9. The molecule has 4 nitrogen and oxygen atoms in total. The third kappa shape index (κ3) is 6.72. The number of methoxy groups -OCH3 is 1. The summed E-state index contributed by atoms with van der Waals surface area (Å²) in [5, 5.41) is 9.82. The zero-order valence-corrected chi connectivity index (χ0v) is 19.4. The highest BCUT2D eigenvalue weighted by atomic mass is 16.5. The normalized spacial score (nSPS) is 11.4. The Bertz CT molecular complexity index is 1050. The van der Waals surface area contributed by atoms with Crippen LogP contribution in [0.5, 0.6) is 5.75 Å². The second-order valence-electron chi connectivity index (χ2n) is 7.66. The first-order valence-corrected chi connectivity index (χ1v) is 10.8. The van der Waals surface area contributed by atoms with Crippen molar-refractivity contribution in [3.05, 3.63) is 84.0 Å². The summed E-state index contributed by atoms with van der Waals surface area (Å²) >= 11 is 0. The predicted molar refractivity (Wildman–Crippen MR) is 130 cm³/mol. The minimum atomic E-state index is -0.232. The van der Waals surface area contributed by atoms with Crippen LogP contribution < -0.4 is 4.74 Å². The van der Waals surface area contributed by atoms with Crippen LogP contribution in [-0.2, 0) is 16.0 Å². The Morgan fingerprint density at radius 3 is 2.62 bits per heavy atom. The Hall–Kier alpha value is -3.58. The maximum absolute atomic E-state index is 11.9. The monoisotopic (exact) mass is 429 g/mol. The average Bonchev–Trinajstić information content (AvgIpc) is 2.80. The van der Waals surface area contributed by atoms with Crippen LogP contribution in [0.3, 0.4) is 0 Å². The molecule has 0 aromatic heterocycles. The molecular weight excluding hydrogens is 398 g/mol. The van der Waals surface area contributed by atoms with Gasteiger partial charge in [-0.15, -0.1) is 0 Å². The van der Waals surface area contributed by atoms with Crippen LogP contribution in [0.15, 0.2) is 67.3 Å². The molecule has 0 heterocycles. The van der Waals surface area contributed by atoms with Gasteiger partial charge in [-0.25, -0.2) is 0 Å². The van der Waals surface area contributed by atoms with Crippen LogP contribution in [0.25, 0.3) is 16.7 Å². The van der Waals surface area contributed by atoms with E-state index in [0.717, 1.165) is 33.6 Å².